The van der Waals surface area contributed by atoms with Gasteiger partial charge in [-0.3, -0.25) is 14.6 Å². The smallest absolute Gasteiger partial charge is 0.236 e. The van der Waals surface area contributed by atoms with Gasteiger partial charge in [0, 0.05) is 83.4 Å². The van der Waals surface area contributed by atoms with Gasteiger partial charge in [0.1, 0.15) is 0 Å². The monoisotopic (exact) mass is 455 g/mol. The molecule has 180 valence electrons. The van der Waals surface area contributed by atoms with E-state index in [9.17, 15) is 4.79 Å². The van der Waals surface area contributed by atoms with Gasteiger partial charge in [0.05, 0.1) is 23.8 Å². The molecule has 0 bridgehead atoms. The van der Waals surface area contributed by atoms with Gasteiger partial charge in [0.2, 0.25) is 5.91 Å². The Bertz CT molecular complexity index is 942. The zero-order chi connectivity index (χ0) is 22.6. The van der Waals surface area contributed by atoms with E-state index < -0.39 is 0 Å². The van der Waals surface area contributed by atoms with Gasteiger partial charge in [-0.2, -0.15) is 5.10 Å². The molecule has 0 saturated carbocycles. The van der Waals surface area contributed by atoms with E-state index in [1.165, 1.54) is 11.3 Å². The van der Waals surface area contributed by atoms with E-state index in [4.69, 9.17) is 9.72 Å². The number of likely N-dealkylation sites (tertiary alicyclic amines) is 1. The first-order valence-electron chi connectivity index (χ1n) is 12.6. The highest BCUT2D eigenvalue weighted by Gasteiger charge is 2.25. The summed E-state index contributed by atoms with van der Waals surface area (Å²) in [5, 5.41) is 9.49. The lowest BCUT2D eigenvalue weighted by molar-refractivity contribution is -0.131. The first-order chi connectivity index (χ1) is 16.2. The molecule has 2 aromatic heterocycles. The lowest BCUT2D eigenvalue weighted by Gasteiger charge is -2.35. The predicted octanol–water partition coefficient (Wildman–Crippen LogP) is 1.78. The molecule has 0 atom stereocenters. The van der Waals surface area contributed by atoms with E-state index in [2.05, 4.69) is 27.1 Å². The summed E-state index contributed by atoms with van der Waals surface area (Å²) in [6, 6.07) is 0.418. The second-order valence-corrected chi connectivity index (χ2v) is 9.53. The van der Waals surface area contributed by atoms with Crippen LogP contribution in [0.4, 0.5) is 5.69 Å². The number of ether oxygens (including phenoxy) is 1. The Labute approximate surface area is 196 Å². The first kappa shape index (κ1) is 22.6. The molecule has 5 heterocycles. The van der Waals surface area contributed by atoms with Gasteiger partial charge in [-0.05, 0) is 32.6 Å². The lowest BCUT2D eigenvalue weighted by Crippen LogP contribution is -2.49. The minimum atomic E-state index is 0.298. The first-order valence-corrected chi connectivity index (χ1v) is 12.6. The van der Waals surface area contributed by atoms with E-state index in [1.54, 1.807) is 0 Å². The minimum absolute atomic E-state index is 0.298. The summed E-state index contributed by atoms with van der Waals surface area (Å²) in [4.78, 5) is 24.1. The van der Waals surface area contributed by atoms with Crippen LogP contribution in [0.25, 0.3) is 11.0 Å². The molecule has 2 aromatic rings. The van der Waals surface area contributed by atoms with Crippen molar-refractivity contribution in [1.29, 1.82) is 0 Å². The molecule has 3 aliphatic heterocycles. The summed E-state index contributed by atoms with van der Waals surface area (Å²) in [6.45, 7) is 11.6. The van der Waals surface area contributed by atoms with E-state index in [0.717, 1.165) is 102 Å². The second-order valence-electron chi connectivity index (χ2n) is 9.53. The maximum Gasteiger partial charge on any atom is 0.236 e. The largest absolute Gasteiger partial charge is 0.381 e. The van der Waals surface area contributed by atoms with Crippen LogP contribution >= 0.6 is 0 Å². The van der Waals surface area contributed by atoms with Crippen molar-refractivity contribution in [3.8, 4) is 0 Å². The molecule has 1 N–H and O–H groups in total. The number of aromatic nitrogens is 3. The Kier molecular flexibility index (Phi) is 7.08. The Balaban J connectivity index is 1.25. The molecule has 0 radical (unpaired) electrons. The van der Waals surface area contributed by atoms with Crippen LogP contribution in [0.2, 0.25) is 0 Å². The number of hydrogen-bond acceptors (Lipinski definition) is 7. The summed E-state index contributed by atoms with van der Waals surface area (Å²) in [7, 11) is 0. The molecule has 3 saturated heterocycles. The lowest BCUT2D eigenvalue weighted by atomic mass is 10.1. The number of piperazine rings is 1. The fourth-order valence-electron chi connectivity index (χ4n) is 5.24. The van der Waals surface area contributed by atoms with E-state index >= 15 is 0 Å². The minimum Gasteiger partial charge on any atom is -0.381 e. The quantitative estimate of drug-likeness (QED) is 0.682. The summed E-state index contributed by atoms with van der Waals surface area (Å²) in [5.41, 5.74) is 3.35. The standard InChI is InChI=1S/C24H37N7O2/c1-2-31-24-21(16-26-31)23(27-20-5-13-33-14-6-20)19(15-25-24)17-28-9-11-29(12-10-28)18-22(32)30-7-3-4-8-30/h15-16,20H,2-14,17-18H2,1H3,(H,25,27). The Morgan fingerprint density at radius 1 is 1.06 bits per heavy atom. The van der Waals surface area contributed by atoms with Gasteiger partial charge < -0.3 is 15.0 Å². The molecule has 0 aromatic carbocycles. The van der Waals surface area contributed by atoms with E-state index in [0.29, 0.717) is 18.5 Å². The number of carbonyl (C=O) groups excluding carboxylic acids is 1. The van der Waals surface area contributed by atoms with Crippen LogP contribution in [0, 0.1) is 0 Å². The fourth-order valence-corrected chi connectivity index (χ4v) is 5.24. The Morgan fingerprint density at radius 3 is 2.52 bits per heavy atom. The molecular formula is C24H37N7O2. The maximum absolute atomic E-state index is 12.5. The summed E-state index contributed by atoms with van der Waals surface area (Å²) in [5.74, 6) is 0.298. The number of carbonyl (C=O) groups is 1. The van der Waals surface area contributed by atoms with Crippen molar-refractivity contribution in [3.63, 3.8) is 0 Å². The fraction of sp³-hybridized carbons (Fsp3) is 0.708. The van der Waals surface area contributed by atoms with Crippen LogP contribution in [-0.2, 0) is 22.6 Å². The summed E-state index contributed by atoms with van der Waals surface area (Å²) < 4.78 is 7.52. The zero-order valence-electron chi connectivity index (χ0n) is 19.8. The number of anilines is 1. The van der Waals surface area contributed by atoms with Crippen molar-refractivity contribution in [3.05, 3.63) is 18.0 Å². The highest BCUT2D eigenvalue weighted by Crippen LogP contribution is 2.29. The van der Waals surface area contributed by atoms with Gasteiger partial charge in [0.25, 0.3) is 0 Å². The highest BCUT2D eigenvalue weighted by molar-refractivity contribution is 5.90. The normalized spacial score (nSPS) is 21.2. The summed E-state index contributed by atoms with van der Waals surface area (Å²) in [6.07, 6.45) is 8.34. The molecule has 9 heteroatoms. The predicted molar refractivity (Wildman–Crippen MR) is 128 cm³/mol. The zero-order valence-corrected chi connectivity index (χ0v) is 19.8. The molecule has 33 heavy (non-hydrogen) atoms. The van der Waals surface area contributed by atoms with E-state index in [-0.39, 0.29) is 0 Å². The van der Waals surface area contributed by atoms with Gasteiger partial charge in [0.15, 0.2) is 5.65 Å². The van der Waals surface area contributed by atoms with Crippen molar-refractivity contribution in [1.82, 2.24) is 29.5 Å². The molecule has 3 aliphatic rings. The number of pyridine rings is 1. The third kappa shape index (κ3) is 5.15. The molecule has 0 spiro atoms. The average molecular weight is 456 g/mol. The number of aryl methyl sites for hydroxylation is 1. The Morgan fingerprint density at radius 2 is 1.79 bits per heavy atom. The molecule has 0 aliphatic carbocycles. The van der Waals surface area contributed by atoms with Crippen LogP contribution < -0.4 is 5.32 Å². The number of nitrogens with zero attached hydrogens (tertiary/aromatic N) is 6. The third-order valence-corrected chi connectivity index (χ3v) is 7.29. The van der Waals surface area contributed by atoms with E-state index in [1.807, 2.05) is 22.0 Å². The van der Waals surface area contributed by atoms with Gasteiger partial charge in [-0.1, -0.05) is 0 Å². The SMILES string of the molecule is CCn1ncc2c(NC3CCOCC3)c(CN3CCN(CC(=O)N4CCCC4)CC3)cnc21. The molecule has 1 amide bonds. The van der Waals surface area contributed by atoms with Gasteiger partial charge in [-0.15, -0.1) is 0 Å². The number of rotatable bonds is 7. The molecule has 9 nitrogen and oxygen atoms in total. The van der Waals surface area contributed by atoms with Crippen molar-refractivity contribution in [2.24, 2.45) is 0 Å². The van der Waals surface area contributed by atoms with Crippen molar-refractivity contribution < 1.29 is 9.53 Å². The maximum atomic E-state index is 12.5. The van der Waals surface area contributed by atoms with Crippen LogP contribution in [0.3, 0.4) is 0 Å². The topological polar surface area (TPSA) is 78.8 Å². The second kappa shape index (κ2) is 10.4. The van der Waals surface area contributed by atoms with Gasteiger partial charge >= 0.3 is 0 Å². The number of amides is 1. The average Bonchev–Trinajstić information content (AvgIpc) is 3.53. The molecule has 0 unspecified atom stereocenters. The van der Waals surface area contributed by atoms with Crippen LogP contribution in [0.1, 0.15) is 38.2 Å². The Hall–Kier alpha value is -2.23. The van der Waals surface area contributed by atoms with Crippen molar-refractivity contribution in [2.75, 3.05) is 64.3 Å². The van der Waals surface area contributed by atoms with Crippen molar-refractivity contribution in [2.45, 2.75) is 51.7 Å². The third-order valence-electron chi connectivity index (χ3n) is 7.29. The molecule has 3 fully saturated rings. The number of nitrogens with one attached hydrogen (secondary N) is 1. The van der Waals surface area contributed by atoms with Crippen LogP contribution in [0.15, 0.2) is 12.4 Å². The van der Waals surface area contributed by atoms with Crippen molar-refractivity contribution >= 4 is 22.6 Å². The highest BCUT2D eigenvalue weighted by atomic mass is 16.5. The number of hydrogen-bond donors (Lipinski definition) is 1. The van der Waals surface area contributed by atoms with Gasteiger partial charge in [-0.25, -0.2) is 9.67 Å². The number of fused-ring (bicyclic) bond motifs is 1. The summed E-state index contributed by atoms with van der Waals surface area (Å²) >= 11 is 0. The molecule has 5 rings (SSSR count). The van der Waals surface area contributed by atoms with Crippen LogP contribution in [-0.4, -0.2) is 100 Å². The molecular weight excluding hydrogens is 418 g/mol. The van der Waals surface area contributed by atoms with Crippen LogP contribution in [0.5, 0.6) is 0 Å².